The van der Waals surface area contributed by atoms with Gasteiger partial charge in [-0.1, -0.05) is 0 Å². The Labute approximate surface area is 98.1 Å². The van der Waals surface area contributed by atoms with Crippen LogP contribution in [-0.4, -0.2) is 63.9 Å². The van der Waals surface area contributed by atoms with Gasteiger partial charge in [0, 0.05) is 26.3 Å². The van der Waals surface area contributed by atoms with Crippen LogP contribution in [-0.2, 0) is 14.3 Å². The van der Waals surface area contributed by atoms with Crippen LogP contribution in [0.2, 0.25) is 0 Å². The number of carbonyl (C=O) groups is 1. The van der Waals surface area contributed by atoms with Crippen molar-refractivity contribution >= 4 is 5.91 Å². The van der Waals surface area contributed by atoms with Crippen LogP contribution in [0.25, 0.3) is 0 Å². The molecule has 5 heteroatoms. The van der Waals surface area contributed by atoms with E-state index in [0.29, 0.717) is 46.1 Å². The van der Waals surface area contributed by atoms with Gasteiger partial charge in [-0.15, -0.1) is 0 Å². The molecule has 0 fully saturated rings. The van der Waals surface area contributed by atoms with Crippen LogP contribution >= 0.6 is 0 Å². The largest absolute Gasteiger partial charge is 0.380 e. The van der Waals surface area contributed by atoms with E-state index < -0.39 is 0 Å². The Morgan fingerprint density at radius 1 is 1.12 bits per heavy atom. The van der Waals surface area contributed by atoms with Gasteiger partial charge in [-0.3, -0.25) is 4.79 Å². The predicted molar refractivity (Wildman–Crippen MR) is 63.5 cm³/mol. The summed E-state index contributed by atoms with van der Waals surface area (Å²) in [5.41, 5.74) is 0. The number of rotatable bonds is 10. The van der Waals surface area contributed by atoms with Crippen molar-refractivity contribution in [3.05, 3.63) is 0 Å². The zero-order valence-corrected chi connectivity index (χ0v) is 10.6. The zero-order chi connectivity index (χ0) is 12.2. The summed E-state index contributed by atoms with van der Waals surface area (Å²) in [7, 11) is 1.77. The van der Waals surface area contributed by atoms with Crippen molar-refractivity contribution in [1.29, 1.82) is 0 Å². The third kappa shape index (κ3) is 7.62. The van der Waals surface area contributed by atoms with Gasteiger partial charge in [0.15, 0.2) is 0 Å². The molecular weight excluding hydrogens is 208 g/mol. The minimum absolute atomic E-state index is 0.0851. The van der Waals surface area contributed by atoms with Crippen molar-refractivity contribution in [2.75, 3.05) is 53.1 Å². The second-order valence-corrected chi connectivity index (χ2v) is 3.30. The van der Waals surface area contributed by atoms with Gasteiger partial charge in [-0.25, -0.2) is 0 Å². The Morgan fingerprint density at radius 2 is 1.62 bits per heavy atom. The van der Waals surface area contributed by atoms with E-state index >= 15 is 0 Å². The molecule has 0 atom stereocenters. The Balaban J connectivity index is 3.89. The zero-order valence-electron chi connectivity index (χ0n) is 10.6. The van der Waals surface area contributed by atoms with Crippen molar-refractivity contribution < 1.29 is 14.3 Å². The summed E-state index contributed by atoms with van der Waals surface area (Å²) in [5, 5.41) is 2.86. The number of carbonyl (C=O) groups excluding carboxylic acids is 1. The van der Waals surface area contributed by atoms with Crippen LogP contribution in [0.3, 0.4) is 0 Å². The van der Waals surface area contributed by atoms with Gasteiger partial charge in [0.25, 0.3) is 0 Å². The smallest absolute Gasteiger partial charge is 0.236 e. The normalized spacial score (nSPS) is 10.4. The molecule has 0 aromatic carbocycles. The molecule has 0 aliphatic rings. The van der Waals surface area contributed by atoms with E-state index in [1.165, 1.54) is 0 Å². The van der Waals surface area contributed by atoms with E-state index in [9.17, 15) is 4.79 Å². The van der Waals surface area contributed by atoms with Gasteiger partial charge in [0.1, 0.15) is 0 Å². The highest BCUT2D eigenvalue weighted by Gasteiger charge is 2.11. The Morgan fingerprint density at radius 3 is 2.00 bits per heavy atom. The number of hydrogen-bond donors (Lipinski definition) is 1. The molecule has 1 N–H and O–H groups in total. The summed E-state index contributed by atoms with van der Waals surface area (Å²) in [6, 6.07) is 0. The van der Waals surface area contributed by atoms with Gasteiger partial charge in [0.2, 0.25) is 5.91 Å². The summed E-state index contributed by atoms with van der Waals surface area (Å²) in [5.74, 6) is 0.0851. The van der Waals surface area contributed by atoms with E-state index in [1.807, 2.05) is 13.8 Å². The number of likely N-dealkylation sites (N-methyl/N-ethyl adjacent to an activating group) is 1. The minimum Gasteiger partial charge on any atom is -0.380 e. The Hall–Kier alpha value is -0.650. The van der Waals surface area contributed by atoms with Gasteiger partial charge < -0.3 is 19.7 Å². The van der Waals surface area contributed by atoms with Gasteiger partial charge in [-0.2, -0.15) is 0 Å². The van der Waals surface area contributed by atoms with Crippen LogP contribution in [0, 0.1) is 0 Å². The van der Waals surface area contributed by atoms with Crippen molar-refractivity contribution in [2.45, 2.75) is 13.8 Å². The number of nitrogens with zero attached hydrogens (tertiary/aromatic N) is 1. The number of nitrogens with one attached hydrogen (secondary N) is 1. The highest BCUT2D eigenvalue weighted by molar-refractivity contribution is 5.78. The molecule has 0 spiro atoms. The molecule has 5 nitrogen and oxygen atoms in total. The molecular formula is C11H24N2O3. The van der Waals surface area contributed by atoms with Crippen LogP contribution in [0.15, 0.2) is 0 Å². The number of amides is 1. The molecule has 1 amide bonds. The lowest BCUT2D eigenvalue weighted by molar-refractivity contribution is -0.131. The first-order valence-electron chi connectivity index (χ1n) is 5.84. The minimum atomic E-state index is 0.0851. The van der Waals surface area contributed by atoms with Gasteiger partial charge >= 0.3 is 0 Å². The fourth-order valence-electron chi connectivity index (χ4n) is 1.26. The average Bonchev–Trinajstić information content (AvgIpc) is 2.28. The Kier molecular flexibility index (Phi) is 10.4. The third-order valence-corrected chi connectivity index (χ3v) is 2.10. The molecule has 0 aliphatic carbocycles. The van der Waals surface area contributed by atoms with Crippen LogP contribution in [0.1, 0.15) is 13.8 Å². The van der Waals surface area contributed by atoms with E-state index in [0.717, 1.165) is 0 Å². The predicted octanol–water partition coefficient (Wildman–Crippen LogP) is 0.107. The van der Waals surface area contributed by atoms with Crippen molar-refractivity contribution in [3.63, 3.8) is 0 Å². The second-order valence-electron chi connectivity index (χ2n) is 3.30. The fraction of sp³-hybridized carbons (Fsp3) is 0.909. The van der Waals surface area contributed by atoms with Crippen molar-refractivity contribution in [1.82, 2.24) is 10.2 Å². The lowest BCUT2D eigenvalue weighted by Gasteiger charge is -2.22. The average molecular weight is 232 g/mol. The SMILES string of the molecule is CCOCCN(CCOCC)C(=O)CNC. The highest BCUT2D eigenvalue weighted by Crippen LogP contribution is 1.91. The maximum Gasteiger partial charge on any atom is 0.236 e. The van der Waals surface area contributed by atoms with Crippen LogP contribution in [0.4, 0.5) is 0 Å². The van der Waals surface area contributed by atoms with E-state index in [4.69, 9.17) is 9.47 Å². The number of ether oxygens (including phenoxy) is 2. The first-order chi connectivity index (χ1) is 7.76. The summed E-state index contributed by atoms with van der Waals surface area (Å²) in [6.07, 6.45) is 0. The summed E-state index contributed by atoms with van der Waals surface area (Å²) in [6.45, 7) is 8.02. The molecule has 0 bridgehead atoms. The van der Waals surface area contributed by atoms with Crippen LogP contribution in [0.5, 0.6) is 0 Å². The lowest BCUT2D eigenvalue weighted by Crippen LogP contribution is -2.41. The monoisotopic (exact) mass is 232 g/mol. The quantitative estimate of drug-likeness (QED) is 0.543. The second kappa shape index (κ2) is 10.9. The Bertz CT molecular complexity index is 167. The lowest BCUT2D eigenvalue weighted by atomic mass is 10.4. The van der Waals surface area contributed by atoms with E-state index in [-0.39, 0.29) is 5.91 Å². The molecule has 0 aliphatic heterocycles. The first kappa shape index (κ1) is 15.3. The summed E-state index contributed by atoms with van der Waals surface area (Å²) in [4.78, 5) is 13.4. The molecule has 0 aromatic heterocycles. The topological polar surface area (TPSA) is 50.8 Å². The molecule has 0 saturated carbocycles. The highest BCUT2D eigenvalue weighted by atomic mass is 16.5. The molecule has 0 heterocycles. The number of hydrogen-bond acceptors (Lipinski definition) is 4. The molecule has 0 aromatic rings. The van der Waals surface area contributed by atoms with Crippen LogP contribution < -0.4 is 5.32 Å². The third-order valence-electron chi connectivity index (χ3n) is 2.10. The van der Waals surface area contributed by atoms with E-state index in [1.54, 1.807) is 11.9 Å². The summed E-state index contributed by atoms with van der Waals surface area (Å²) >= 11 is 0. The molecule has 16 heavy (non-hydrogen) atoms. The first-order valence-corrected chi connectivity index (χ1v) is 5.84. The summed E-state index contributed by atoms with van der Waals surface area (Å²) < 4.78 is 10.5. The van der Waals surface area contributed by atoms with Gasteiger partial charge in [-0.05, 0) is 20.9 Å². The molecule has 0 unspecified atom stereocenters. The molecule has 96 valence electrons. The molecule has 0 radical (unpaired) electrons. The maximum absolute atomic E-state index is 11.7. The standard InChI is InChI=1S/C11H24N2O3/c1-4-15-8-6-13(7-9-16-5-2)11(14)10-12-3/h12H,4-10H2,1-3H3. The maximum atomic E-state index is 11.7. The van der Waals surface area contributed by atoms with Crippen molar-refractivity contribution in [3.8, 4) is 0 Å². The van der Waals surface area contributed by atoms with Gasteiger partial charge in [0.05, 0.1) is 19.8 Å². The van der Waals surface area contributed by atoms with Crippen molar-refractivity contribution in [2.24, 2.45) is 0 Å². The molecule has 0 saturated heterocycles. The molecule has 0 rings (SSSR count). The fourth-order valence-corrected chi connectivity index (χ4v) is 1.26. The van der Waals surface area contributed by atoms with E-state index in [2.05, 4.69) is 5.32 Å².